The summed E-state index contributed by atoms with van der Waals surface area (Å²) >= 11 is 1.89. The zero-order chi connectivity index (χ0) is 56.1. The van der Waals surface area contributed by atoms with Gasteiger partial charge in [0.15, 0.2) is 0 Å². The quantitative estimate of drug-likeness (QED) is 0.144. The minimum Gasteiger partial charge on any atom is -0.310 e. The first kappa shape index (κ1) is 48.2. The molecule has 0 fully saturated rings. The molecule has 14 aromatic carbocycles. The van der Waals surface area contributed by atoms with Crippen molar-refractivity contribution in [3.05, 3.63) is 325 Å². The molecule has 2 nitrogen and oxygen atoms in total. The number of thiophene rings is 1. The molecule has 0 aliphatic heterocycles. The fourth-order valence-electron chi connectivity index (χ4n) is 15.3. The Morgan fingerprint density at radius 1 is 0.318 bits per heavy atom. The highest BCUT2D eigenvalue weighted by atomic mass is 32.1. The SMILES string of the molecule is CC1(C)c2ccc(-c3ccc4c5ccccc5n(-c5cccc6c5sc5ccccc56)c4c3)cc2-c2ccc(N(c3ccc4c(c3)-c3ccccc3C4(c3ccccc3)c3ccccc3)c3ccc4ccc5c6ccccc6ccc5c4c3)cc21. The van der Waals surface area contributed by atoms with E-state index in [0.29, 0.717) is 0 Å². The molecule has 398 valence electrons. The van der Waals surface area contributed by atoms with Gasteiger partial charge in [-0.25, -0.2) is 0 Å². The van der Waals surface area contributed by atoms with E-state index in [-0.39, 0.29) is 5.41 Å². The topological polar surface area (TPSA) is 8.17 Å². The van der Waals surface area contributed by atoms with E-state index in [9.17, 15) is 0 Å². The van der Waals surface area contributed by atoms with Crippen molar-refractivity contribution >= 4 is 103 Å². The van der Waals surface area contributed by atoms with Crippen LogP contribution in [0.4, 0.5) is 17.1 Å². The highest BCUT2D eigenvalue weighted by Crippen LogP contribution is 2.58. The minimum atomic E-state index is -0.497. The van der Waals surface area contributed by atoms with Crippen LogP contribution in [-0.2, 0) is 10.8 Å². The molecular formula is C82H54N2S. The van der Waals surface area contributed by atoms with Crippen LogP contribution < -0.4 is 4.90 Å². The molecule has 0 unspecified atom stereocenters. The van der Waals surface area contributed by atoms with Crippen molar-refractivity contribution in [2.24, 2.45) is 0 Å². The first-order chi connectivity index (χ1) is 41.9. The van der Waals surface area contributed by atoms with Crippen LogP contribution in [0.25, 0.3) is 113 Å². The molecule has 0 saturated heterocycles. The van der Waals surface area contributed by atoms with E-state index in [1.54, 1.807) is 0 Å². The average Bonchev–Trinajstić information content (AvgIpc) is 2.39. The Kier molecular flexibility index (Phi) is 10.3. The standard InChI is InChI=1S/C82H54N2S/c1-81(2)72-44-36-53(54-35-42-66-65-25-12-15-29-76(65)84(78(66)47-54)77-30-17-27-68-67-26-13-16-31-79(67)85-80(68)77)46-70(72)64-43-38-59(50-75(64)81)83(57-37-32-52-34-40-61-60-23-10-9-18-51(60)33-41-62(61)69(52)48-57)58-39-45-74-71(49-58)63-24-11-14-28-73(63)82(74,55-19-5-3-6-20-55)56-21-7-4-8-22-56/h3-50H,1-2H3. The third kappa shape index (κ3) is 6.87. The number of anilines is 3. The van der Waals surface area contributed by atoms with Gasteiger partial charge in [0, 0.05) is 48.7 Å². The normalized spacial score (nSPS) is 13.7. The van der Waals surface area contributed by atoms with Crippen LogP contribution in [0.3, 0.4) is 0 Å². The van der Waals surface area contributed by atoms with Crippen molar-refractivity contribution in [2.45, 2.75) is 24.7 Å². The Bertz CT molecular complexity index is 5430. The van der Waals surface area contributed by atoms with E-state index >= 15 is 0 Å². The van der Waals surface area contributed by atoms with Gasteiger partial charge >= 0.3 is 0 Å². The summed E-state index contributed by atoms with van der Waals surface area (Å²) in [6, 6.07) is 110. The van der Waals surface area contributed by atoms with Crippen molar-refractivity contribution in [3.63, 3.8) is 0 Å². The van der Waals surface area contributed by atoms with Crippen LogP contribution in [0, 0.1) is 0 Å². The Morgan fingerprint density at radius 3 is 1.71 bits per heavy atom. The van der Waals surface area contributed by atoms with E-state index in [0.717, 1.165) is 17.1 Å². The fraction of sp³-hybridized carbons (Fsp3) is 0.0488. The molecule has 3 heteroatoms. The molecule has 2 aliphatic rings. The Balaban J connectivity index is 0.809. The molecule has 2 aromatic heterocycles. The molecule has 0 amide bonds. The number of benzene rings is 14. The van der Waals surface area contributed by atoms with Gasteiger partial charge in [-0.2, -0.15) is 0 Å². The second kappa shape index (κ2) is 18.1. The number of rotatable bonds is 7. The minimum absolute atomic E-state index is 0.271. The van der Waals surface area contributed by atoms with E-state index in [2.05, 4.69) is 315 Å². The molecule has 2 aliphatic carbocycles. The smallest absolute Gasteiger partial charge is 0.0713 e. The number of hydrogen-bond donors (Lipinski definition) is 0. The Hall–Kier alpha value is -10.3. The van der Waals surface area contributed by atoms with Gasteiger partial charge in [0.1, 0.15) is 0 Å². The maximum atomic E-state index is 2.52. The van der Waals surface area contributed by atoms with Crippen LogP contribution in [-0.4, -0.2) is 4.57 Å². The lowest BCUT2D eigenvalue weighted by Crippen LogP contribution is -2.28. The van der Waals surface area contributed by atoms with E-state index < -0.39 is 5.41 Å². The second-order valence-corrected chi connectivity index (χ2v) is 24.9. The van der Waals surface area contributed by atoms with Crippen LogP contribution in [0.5, 0.6) is 0 Å². The number of fused-ring (bicyclic) bond motifs is 17. The van der Waals surface area contributed by atoms with Crippen molar-refractivity contribution in [1.29, 1.82) is 0 Å². The van der Waals surface area contributed by atoms with Crippen LogP contribution in [0.15, 0.2) is 291 Å². The summed E-state index contributed by atoms with van der Waals surface area (Å²) in [4.78, 5) is 2.52. The lowest BCUT2D eigenvalue weighted by Gasteiger charge is -2.34. The van der Waals surface area contributed by atoms with Gasteiger partial charge in [-0.1, -0.05) is 238 Å². The summed E-state index contributed by atoms with van der Waals surface area (Å²) in [5, 5.41) is 12.6. The van der Waals surface area contributed by atoms with E-state index in [1.165, 1.54) is 147 Å². The predicted molar refractivity (Wildman–Crippen MR) is 361 cm³/mol. The summed E-state index contributed by atoms with van der Waals surface area (Å²) in [5.41, 5.74) is 21.5. The van der Waals surface area contributed by atoms with Crippen molar-refractivity contribution in [2.75, 3.05) is 4.90 Å². The van der Waals surface area contributed by atoms with Gasteiger partial charge in [0.25, 0.3) is 0 Å². The van der Waals surface area contributed by atoms with Gasteiger partial charge < -0.3 is 9.47 Å². The summed E-state index contributed by atoms with van der Waals surface area (Å²) in [6.45, 7) is 4.83. The zero-order valence-electron chi connectivity index (χ0n) is 47.0. The highest BCUT2D eigenvalue weighted by Gasteiger charge is 2.46. The molecule has 0 spiro atoms. The lowest BCUT2D eigenvalue weighted by molar-refractivity contribution is 0.660. The number of hydrogen-bond acceptors (Lipinski definition) is 2. The van der Waals surface area contributed by atoms with Crippen molar-refractivity contribution < 1.29 is 0 Å². The molecular weight excluding hydrogens is 1040 g/mol. The average molecular weight is 1100 g/mol. The Labute approximate surface area is 497 Å². The van der Waals surface area contributed by atoms with Crippen LogP contribution >= 0.6 is 11.3 Å². The van der Waals surface area contributed by atoms with Gasteiger partial charge in [0.2, 0.25) is 0 Å². The van der Waals surface area contributed by atoms with Crippen LogP contribution in [0.2, 0.25) is 0 Å². The monoisotopic (exact) mass is 1100 g/mol. The fourth-order valence-corrected chi connectivity index (χ4v) is 16.6. The molecule has 85 heavy (non-hydrogen) atoms. The Morgan fingerprint density at radius 2 is 0.871 bits per heavy atom. The zero-order valence-corrected chi connectivity index (χ0v) is 47.8. The van der Waals surface area contributed by atoms with Crippen LogP contribution in [0.1, 0.15) is 47.2 Å². The van der Waals surface area contributed by atoms with Gasteiger partial charge in [-0.15, -0.1) is 11.3 Å². The molecule has 0 atom stereocenters. The first-order valence-electron chi connectivity index (χ1n) is 29.6. The number of nitrogens with zero attached hydrogens (tertiary/aromatic N) is 2. The van der Waals surface area contributed by atoms with Gasteiger partial charge in [0.05, 0.1) is 26.8 Å². The largest absolute Gasteiger partial charge is 0.310 e. The second-order valence-electron chi connectivity index (χ2n) is 23.9. The molecule has 16 aromatic rings. The number of aromatic nitrogens is 1. The maximum absolute atomic E-state index is 2.52. The third-order valence-electron chi connectivity index (χ3n) is 19.2. The summed E-state index contributed by atoms with van der Waals surface area (Å²) < 4.78 is 5.13. The number of para-hydroxylation sites is 1. The molecule has 0 radical (unpaired) electrons. The molecule has 0 N–H and O–H groups in total. The highest BCUT2D eigenvalue weighted by molar-refractivity contribution is 7.26. The molecule has 18 rings (SSSR count). The maximum Gasteiger partial charge on any atom is 0.0713 e. The van der Waals surface area contributed by atoms with Crippen molar-refractivity contribution in [3.8, 4) is 39.1 Å². The van der Waals surface area contributed by atoms with Gasteiger partial charge in [-0.3, -0.25) is 0 Å². The molecule has 0 bridgehead atoms. The van der Waals surface area contributed by atoms with Gasteiger partial charge in [-0.05, 0) is 166 Å². The van der Waals surface area contributed by atoms with E-state index in [4.69, 9.17) is 0 Å². The lowest BCUT2D eigenvalue weighted by atomic mass is 9.68. The summed E-state index contributed by atoms with van der Waals surface area (Å²) in [7, 11) is 0. The van der Waals surface area contributed by atoms with E-state index in [1.807, 2.05) is 11.3 Å². The summed E-state index contributed by atoms with van der Waals surface area (Å²) in [6.07, 6.45) is 0. The predicted octanol–water partition coefficient (Wildman–Crippen LogP) is 22.4. The van der Waals surface area contributed by atoms with Crippen molar-refractivity contribution in [1.82, 2.24) is 4.57 Å². The third-order valence-corrected chi connectivity index (χ3v) is 20.4. The first-order valence-corrected chi connectivity index (χ1v) is 30.5. The molecule has 0 saturated carbocycles. The summed E-state index contributed by atoms with van der Waals surface area (Å²) in [5.74, 6) is 0. The molecule has 2 heterocycles.